The van der Waals surface area contributed by atoms with E-state index in [-0.39, 0.29) is 17.9 Å². The van der Waals surface area contributed by atoms with Crippen molar-refractivity contribution in [3.8, 4) is 11.5 Å². The molecule has 0 bridgehead atoms. The molecule has 1 fully saturated rings. The van der Waals surface area contributed by atoms with Gasteiger partial charge in [-0.3, -0.25) is 4.79 Å². The van der Waals surface area contributed by atoms with Crippen LogP contribution in [0.2, 0.25) is 0 Å². The van der Waals surface area contributed by atoms with Crippen molar-refractivity contribution in [2.75, 3.05) is 0 Å². The third kappa shape index (κ3) is 4.59. The van der Waals surface area contributed by atoms with Gasteiger partial charge in [0.1, 0.15) is 11.5 Å². The Morgan fingerprint density at radius 3 is 2.67 bits per heavy atom. The molecule has 1 aliphatic carbocycles. The fraction of sp³-hybridized carbons (Fsp3) is 0.350. The molecule has 2 aromatic carbocycles. The molecule has 2 unspecified atom stereocenters. The third-order valence-corrected chi connectivity index (χ3v) is 4.43. The molecule has 4 heteroatoms. The molecule has 1 amide bonds. The highest BCUT2D eigenvalue weighted by Crippen LogP contribution is 2.24. The number of hydrogen-bond donors (Lipinski definition) is 2. The molecule has 0 spiro atoms. The maximum absolute atomic E-state index is 12.3. The van der Waals surface area contributed by atoms with E-state index in [0.717, 1.165) is 42.7 Å². The van der Waals surface area contributed by atoms with Gasteiger partial charge < -0.3 is 15.8 Å². The molecule has 1 saturated carbocycles. The summed E-state index contributed by atoms with van der Waals surface area (Å²) < 4.78 is 5.83. The fourth-order valence-corrected chi connectivity index (χ4v) is 3.14. The van der Waals surface area contributed by atoms with Crippen molar-refractivity contribution in [2.24, 2.45) is 11.7 Å². The minimum Gasteiger partial charge on any atom is -0.457 e. The van der Waals surface area contributed by atoms with Crippen molar-refractivity contribution >= 4 is 5.91 Å². The Kier molecular flexibility index (Phi) is 5.49. The molecule has 0 radical (unpaired) electrons. The van der Waals surface area contributed by atoms with Gasteiger partial charge in [0.05, 0.1) is 0 Å². The van der Waals surface area contributed by atoms with Gasteiger partial charge in [0.25, 0.3) is 0 Å². The summed E-state index contributed by atoms with van der Waals surface area (Å²) in [5.74, 6) is 1.74. The first-order chi connectivity index (χ1) is 11.7. The van der Waals surface area contributed by atoms with Crippen LogP contribution in [0.1, 0.15) is 31.2 Å². The summed E-state index contributed by atoms with van der Waals surface area (Å²) >= 11 is 0. The Bertz CT molecular complexity index is 672. The van der Waals surface area contributed by atoms with Gasteiger partial charge in [0.15, 0.2) is 0 Å². The van der Waals surface area contributed by atoms with Crippen LogP contribution < -0.4 is 15.8 Å². The van der Waals surface area contributed by atoms with Crippen LogP contribution in [0.3, 0.4) is 0 Å². The van der Waals surface area contributed by atoms with Gasteiger partial charge in [-0.15, -0.1) is 0 Å². The van der Waals surface area contributed by atoms with Gasteiger partial charge >= 0.3 is 0 Å². The summed E-state index contributed by atoms with van der Waals surface area (Å²) in [7, 11) is 0. The van der Waals surface area contributed by atoms with E-state index in [1.54, 1.807) is 0 Å². The predicted octanol–water partition coefficient (Wildman–Crippen LogP) is 3.61. The van der Waals surface area contributed by atoms with Crippen LogP contribution in [0.25, 0.3) is 0 Å². The molecule has 0 heterocycles. The number of ether oxygens (including phenoxy) is 1. The van der Waals surface area contributed by atoms with Crippen LogP contribution in [-0.2, 0) is 11.3 Å². The first-order valence-electron chi connectivity index (χ1n) is 8.56. The summed E-state index contributed by atoms with van der Waals surface area (Å²) in [5.41, 5.74) is 6.99. The molecule has 0 aromatic heterocycles. The molecule has 3 N–H and O–H groups in total. The minimum absolute atomic E-state index is 0.0532. The van der Waals surface area contributed by atoms with Crippen molar-refractivity contribution in [1.29, 1.82) is 0 Å². The molecule has 0 saturated heterocycles. The van der Waals surface area contributed by atoms with E-state index in [4.69, 9.17) is 10.5 Å². The second-order valence-corrected chi connectivity index (χ2v) is 6.40. The summed E-state index contributed by atoms with van der Waals surface area (Å²) in [6.07, 6.45) is 3.81. The first-order valence-corrected chi connectivity index (χ1v) is 8.56. The van der Waals surface area contributed by atoms with Crippen molar-refractivity contribution in [3.63, 3.8) is 0 Å². The molecule has 4 nitrogen and oxygen atoms in total. The number of benzene rings is 2. The van der Waals surface area contributed by atoms with Crippen molar-refractivity contribution in [1.82, 2.24) is 5.32 Å². The van der Waals surface area contributed by atoms with Gasteiger partial charge in [0.2, 0.25) is 5.91 Å². The van der Waals surface area contributed by atoms with Gasteiger partial charge in [-0.25, -0.2) is 0 Å². The molecule has 126 valence electrons. The Morgan fingerprint density at radius 1 is 1.08 bits per heavy atom. The van der Waals surface area contributed by atoms with Gasteiger partial charge in [-0.2, -0.15) is 0 Å². The third-order valence-electron chi connectivity index (χ3n) is 4.43. The molecule has 2 atom stereocenters. The molecule has 24 heavy (non-hydrogen) atoms. The maximum Gasteiger partial charge on any atom is 0.223 e. The normalized spacial score (nSPS) is 20.4. The topological polar surface area (TPSA) is 64.4 Å². The minimum atomic E-state index is 0.0532. The smallest absolute Gasteiger partial charge is 0.223 e. The number of nitrogens with one attached hydrogen (secondary N) is 1. The van der Waals surface area contributed by atoms with Gasteiger partial charge in [0, 0.05) is 18.5 Å². The molecule has 3 rings (SSSR count). The molecular formula is C20H24N2O2. The fourth-order valence-electron chi connectivity index (χ4n) is 3.14. The van der Waals surface area contributed by atoms with E-state index in [0.29, 0.717) is 6.54 Å². The number of carbonyl (C=O) groups is 1. The van der Waals surface area contributed by atoms with Gasteiger partial charge in [-0.1, -0.05) is 36.8 Å². The monoisotopic (exact) mass is 324 g/mol. The van der Waals surface area contributed by atoms with Crippen molar-refractivity contribution in [2.45, 2.75) is 38.3 Å². The Balaban J connectivity index is 1.55. The Morgan fingerprint density at radius 2 is 1.88 bits per heavy atom. The van der Waals surface area contributed by atoms with Crippen LogP contribution >= 0.6 is 0 Å². The van der Waals surface area contributed by atoms with Crippen LogP contribution in [0.15, 0.2) is 54.6 Å². The Labute approximate surface area is 143 Å². The number of nitrogens with two attached hydrogens (primary N) is 1. The molecule has 0 aliphatic heterocycles. The SMILES string of the molecule is NC1CCCC(C(=O)NCc2cccc(Oc3ccccc3)c2)C1. The highest BCUT2D eigenvalue weighted by atomic mass is 16.5. The van der Waals surface area contributed by atoms with Crippen molar-refractivity contribution < 1.29 is 9.53 Å². The summed E-state index contributed by atoms with van der Waals surface area (Å²) in [6.45, 7) is 0.510. The van der Waals surface area contributed by atoms with Crippen LogP contribution in [0, 0.1) is 5.92 Å². The highest BCUT2D eigenvalue weighted by molar-refractivity contribution is 5.78. The lowest BCUT2D eigenvalue weighted by molar-refractivity contribution is -0.126. The lowest BCUT2D eigenvalue weighted by Crippen LogP contribution is -2.37. The van der Waals surface area contributed by atoms with E-state index in [1.165, 1.54) is 0 Å². The Hall–Kier alpha value is -2.33. The number of rotatable bonds is 5. The van der Waals surface area contributed by atoms with E-state index in [1.807, 2.05) is 54.6 Å². The van der Waals surface area contributed by atoms with E-state index >= 15 is 0 Å². The average Bonchev–Trinajstić information content (AvgIpc) is 2.61. The zero-order valence-electron chi connectivity index (χ0n) is 13.8. The van der Waals surface area contributed by atoms with Crippen LogP contribution in [0.5, 0.6) is 11.5 Å². The summed E-state index contributed by atoms with van der Waals surface area (Å²) in [5, 5.41) is 3.03. The van der Waals surface area contributed by atoms with E-state index in [9.17, 15) is 4.79 Å². The summed E-state index contributed by atoms with van der Waals surface area (Å²) in [4.78, 5) is 12.3. The molecule has 1 aliphatic rings. The first kappa shape index (κ1) is 16.5. The largest absolute Gasteiger partial charge is 0.457 e. The highest BCUT2D eigenvalue weighted by Gasteiger charge is 2.24. The molecular weight excluding hydrogens is 300 g/mol. The zero-order chi connectivity index (χ0) is 16.8. The number of hydrogen-bond acceptors (Lipinski definition) is 3. The van der Waals surface area contributed by atoms with E-state index in [2.05, 4.69) is 5.32 Å². The number of amides is 1. The van der Waals surface area contributed by atoms with Crippen molar-refractivity contribution in [3.05, 3.63) is 60.2 Å². The average molecular weight is 324 g/mol. The van der Waals surface area contributed by atoms with E-state index < -0.39 is 0 Å². The zero-order valence-corrected chi connectivity index (χ0v) is 13.8. The van der Waals surface area contributed by atoms with Crippen LogP contribution in [-0.4, -0.2) is 11.9 Å². The lowest BCUT2D eigenvalue weighted by atomic mass is 9.85. The van der Waals surface area contributed by atoms with Gasteiger partial charge in [-0.05, 0) is 49.1 Å². The van der Waals surface area contributed by atoms with Crippen LogP contribution in [0.4, 0.5) is 0 Å². The maximum atomic E-state index is 12.3. The quantitative estimate of drug-likeness (QED) is 0.883. The second-order valence-electron chi connectivity index (χ2n) is 6.40. The number of carbonyl (C=O) groups excluding carboxylic acids is 1. The molecule has 2 aromatic rings. The number of para-hydroxylation sites is 1. The second kappa shape index (κ2) is 7.97. The standard InChI is InChI=1S/C20H24N2O2/c21-17-8-5-7-16(13-17)20(23)22-14-15-6-4-11-19(12-15)24-18-9-2-1-3-10-18/h1-4,6,9-12,16-17H,5,7-8,13-14,21H2,(H,22,23). The summed E-state index contributed by atoms with van der Waals surface area (Å²) in [6, 6.07) is 17.6. The lowest BCUT2D eigenvalue weighted by Gasteiger charge is -2.25. The predicted molar refractivity (Wildman–Crippen MR) is 94.7 cm³/mol.